The normalized spacial score (nSPS) is 53.8. The molecule has 0 aromatic carbocycles. The highest BCUT2D eigenvalue weighted by atomic mass is 16.5. The number of rotatable bonds is 1. The average Bonchev–Trinajstić information content (AvgIpc) is 2.92. The van der Waals surface area contributed by atoms with Crippen LogP contribution in [-0.4, -0.2) is 75.2 Å². The van der Waals surface area contributed by atoms with Crippen LogP contribution in [0.25, 0.3) is 0 Å². The monoisotopic (exact) mass is 347 g/mol. The Balaban J connectivity index is 1.79. The summed E-state index contributed by atoms with van der Waals surface area (Å²) in [5.74, 6) is -0.305. The fraction of sp³-hybridized carbons (Fsp3) is 0.737. The van der Waals surface area contributed by atoms with Crippen LogP contribution in [0.1, 0.15) is 32.6 Å². The van der Waals surface area contributed by atoms with Gasteiger partial charge in [-0.05, 0) is 51.8 Å². The van der Waals surface area contributed by atoms with Gasteiger partial charge in [0.1, 0.15) is 17.8 Å². The number of carbonyl (C=O) groups is 1. The molecule has 3 aliphatic carbocycles. The molecule has 6 nitrogen and oxygen atoms in total. The molecular formula is C19H25NO5. The van der Waals surface area contributed by atoms with Gasteiger partial charge in [-0.2, -0.15) is 0 Å². The van der Waals surface area contributed by atoms with Crippen LogP contribution in [0.3, 0.4) is 0 Å². The van der Waals surface area contributed by atoms with Gasteiger partial charge < -0.3 is 20.1 Å². The van der Waals surface area contributed by atoms with E-state index in [-0.39, 0.29) is 11.8 Å². The molecule has 2 saturated heterocycles. The molecule has 5 aliphatic rings. The highest BCUT2D eigenvalue weighted by Crippen LogP contribution is 2.67. The van der Waals surface area contributed by atoms with Crippen LogP contribution in [0.15, 0.2) is 23.3 Å². The first-order valence-corrected chi connectivity index (χ1v) is 9.17. The van der Waals surface area contributed by atoms with Crippen LogP contribution >= 0.6 is 0 Å². The van der Waals surface area contributed by atoms with E-state index in [0.717, 1.165) is 12.1 Å². The van der Waals surface area contributed by atoms with Gasteiger partial charge in [-0.1, -0.05) is 17.7 Å². The molecule has 1 spiro atoms. The molecule has 7 atom stereocenters. The van der Waals surface area contributed by atoms with E-state index in [1.54, 1.807) is 12.2 Å². The molecule has 0 aromatic heterocycles. The zero-order valence-electron chi connectivity index (χ0n) is 14.6. The molecule has 3 N–H and O–H groups in total. The average molecular weight is 347 g/mol. The lowest BCUT2D eigenvalue weighted by Crippen LogP contribution is -2.72. The van der Waals surface area contributed by atoms with Crippen molar-refractivity contribution in [2.45, 2.75) is 68.2 Å². The maximum absolute atomic E-state index is 12.3. The number of aliphatic hydroxyl groups excluding tert-OH is 1. The summed E-state index contributed by atoms with van der Waals surface area (Å²) >= 11 is 0. The fourth-order valence-electron chi connectivity index (χ4n) is 6.34. The first kappa shape index (κ1) is 16.1. The van der Waals surface area contributed by atoms with E-state index in [0.29, 0.717) is 25.7 Å². The highest BCUT2D eigenvalue weighted by Gasteiger charge is 2.75. The Morgan fingerprint density at radius 1 is 1.36 bits per heavy atom. The molecule has 136 valence electrons. The zero-order valence-corrected chi connectivity index (χ0v) is 14.6. The number of Topliss-reactive ketones (excluding diaryl/α,β-unsaturated/α-hetero) is 1. The highest BCUT2D eigenvalue weighted by molar-refractivity contribution is 5.87. The fourth-order valence-corrected chi connectivity index (χ4v) is 6.34. The van der Waals surface area contributed by atoms with Crippen LogP contribution in [-0.2, 0) is 9.53 Å². The molecule has 2 heterocycles. The molecule has 0 aromatic rings. The van der Waals surface area contributed by atoms with E-state index in [1.165, 1.54) is 12.5 Å². The van der Waals surface area contributed by atoms with Gasteiger partial charge in [0, 0.05) is 6.04 Å². The molecule has 0 radical (unpaired) electrons. The van der Waals surface area contributed by atoms with E-state index in [9.17, 15) is 20.1 Å². The van der Waals surface area contributed by atoms with Crippen molar-refractivity contribution in [3.8, 4) is 0 Å². The molecule has 2 fully saturated rings. The number of ether oxygens (including phenoxy) is 1. The van der Waals surface area contributed by atoms with E-state index in [2.05, 4.69) is 4.90 Å². The summed E-state index contributed by atoms with van der Waals surface area (Å²) in [6.07, 6.45) is 3.46. The van der Waals surface area contributed by atoms with Crippen molar-refractivity contribution in [1.82, 2.24) is 4.90 Å². The van der Waals surface area contributed by atoms with Gasteiger partial charge in [-0.15, -0.1) is 0 Å². The van der Waals surface area contributed by atoms with E-state index in [4.69, 9.17) is 4.74 Å². The SMILES string of the molecule is CC(=O)C1(O)CCC2=C3C1O[C@H]1[C@@H](O)C=C[C@@]4(O)[C@@H](C2)N(C)CC[C@]314. The van der Waals surface area contributed by atoms with Crippen LogP contribution < -0.4 is 0 Å². The number of nitrogens with zero attached hydrogens (tertiary/aromatic N) is 1. The van der Waals surface area contributed by atoms with Crippen molar-refractivity contribution in [1.29, 1.82) is 0 Å². The minimum atomic E-state index is -1.57. The lowest BCUT2D eigenvalue weighted by Gasteiger charge is -2.62. The Morgan fingerprint density at radius 3 is 2.84 bits per heavy atom. The second kappa shape index (κ2) is 4.61. The molecule has 2 aliphatic heterocycles. The van der Waals surface area contributed by atoms with Gasteiger partial charge in [-0.3, -0.25) is 9.69 Å². The molecular weight excluding hydrogens is 322 g/mol. The van der Waals surface area contributed by atoms with Gasteiger partial charge in [0.25, 0.3) is 0 Å². The summed E-state index contributed by atoms with van der Waals surface area (Å²) < 4.78 is 6.21. The lowest BCUT2D eigenvalue weighted by molar-refractivity contribution is -0.186. The van der Waals surface area contributed by atoms with E-state index in [1.807, 2.05) is 7.05 Å². The van der Waals surface area contributed by atoms with Gasteiger partial charge in [0.05, 0.1) is 11.5 Å². The lowest BCUT2D eigenvalue weighted by atomic mass is 9.48. The third-order valence-corrected chi connectivity index (χ3v) is 7.65. The Hall–Kier alpha value is -1.05. The summed E-state index contributed by atoms with van der Waals surface area (Å²) in [4.78, 5) is 14.4. The van der Waals surface area contributed by atoms with Crippen molar-refractivity contribution < 1.29 is 24.9 Å². The van der Waals surface area contributed by atoms with Gasteiger partial charge >= 0.3 is 0 Å². The number of ketones is 1. The van der Waals surface area contributed by atoms with Crippen LogP contribution in [0.5, 0.6) is 0 Å². The number of hydrogen-bond acceptors (Lipinski definition) is 6. The van der Waals surface area contributed by atoms with Crippen LogP contribution in [0.4, 0.5) is 0 Å². The van der Waals surface area contributed by atoms with Crippen molar-refractivity contribution in [3.63, 3.8) is 0 Å². The maximum atomic E-state index is 12.3. The van der Waals surface area contributed by atoms with Gasteiger partial charge in [-0.25, -0.2) is 0 Å². The molecule has 0 saturated carbocycles. The minimum absolute atomic E-state index is 0.0721. The topological polar surface area (TPSA) is 90.2 Å². The second-order valence-electron chi connectivity index (χ2n) is 8.53. The number of likely N-dealkylation sites (N-methyl/N-ethyl adjacent to an activating group) is 1. The third-order valence-electron chi connectivity index (χ3n) is 7.65. The number of carbonyl (C=O) groups excluding carboxylic acids is 1. The first-order valence-electron chi connectivity index (χ1n) is 9.17. The summed E-state index contributed by atoms with van der Waals surface area (Å²) in [6, 6.07) is -0.0721. The Morgan fingerprint density at radius 2 is 2.12 bits per heavy atom. The molecule has 2 unspecified atom stereocenters. The summed E-state index contributed by atoms with van der Waals surface area (Å²) in [7, 11) is 2.02. The summed E-state index contributed by atoms with van der Waals surface area (Å²) in [6.45, 7) is 2.19. The smallest absolute Gasteiger partial charge is 0.164 e. The Bertz CT molecular complexity index is 731. The zero-order chi connectivity index (χ0) is 17.8. The predicted molar refractivity (Wildman–Crippen MR) is 88.7 cm³/mol. The Kier molecular flexibility index (Phi) is 2.98. The van der Waals surface area contributed by atoms with Crippen LogP contribution in [0.2, 0.25) is 0 Å². The molecule has 5 rings (SSSR count). The molecule has 6 heteroatoms. The summed E-state index contributed by atoms with van der Waals surface area (Å²) in [5.41, 5.74) is -1.37. The minimum Gasteiger partial charge on any atom is -0.386 e. The maximum Gasteiger partial charge on any atom is 0.164 e. The standard InChI is InChI=1S/C19H25NO5/c1-10(21)18(23)5-3-11-9-13-19(24)6-4-12(22)15-17(19,7-8-20(13)2)14(11)16(18)25-15/h4,6,12-13,15-16,22-24H,3,5,7-9H2,1-2H3/t12-,13+,15-,16?,17-,18?,19+/m0/s1. The Labute approximate surface area is 146 Å². The molecule has 25 heavy (non-hydrogen) atoms. The summed E-state index contributed by atoms with van der Waals surface area (Å²) in [5, 5.41) is 33.5. The van der Waals surface area contributed by atoms with Crippen molar-refractivity contribution >= 4 is 5.78 Å². The van der Waals surface area contributed by atoms with Crippen LogP contribution in [0, 0.1) is 5.41 Å². The number of likely N-dealkylation sites (tertiary alicyclic amines) is 1. The van der Waals surface area contributed by atoms with Crippen molar-refractivity contribution in [2.75, 3.05) is 13.6 Å². The van der Waals surface area contributed by atoms with Crippen molar-refractivity contribution in [2.24, 2.45) is 5.41 Å². The largest absolute Gasteiger partial charge is 0.386 e. The molecule has 2 bridgehead atoms. The van der Waals surface area contributed by atoms with E-state index >= 15 is 0 Å². The number of aliphatic hydroxyl groups is 3. The predicted octanol–water partition coefficient (Wildman–Crippen LogP) is -0.0797. The number of hydrogen-bond donors (Lipinski definition) is 3. The van der Waals surface area contributed by atoms with Crippen molar-refractivity contribution in [3.05, 3.63) is 23.3 Å². The van der Waals surface area contributed by atoms with Gasteiger partial charge in [0.2, 0.25) is 0 Å². The quantitative estimate of drug-likeness (QED) is 0.575. The first-order chi connectivity index (χ1) is 11.8. The third kappa shape index (κ3) is 1.58. The number of piperidine rings is 1. The van der Waals surface area contributed by atoms with Gasteiger partial charge in [0.15, 0.2) is 11.4 Å². The van der Waals surface area contributed by atoms with E-state index < -0.39 is 34.9 Å². The molecule has 0 amide bonds. The second-order valence-corrected chi connectivity index (χ2v) is 8.53.